The van der Waals surface area contributed by atoms with Crippen LogP contribution in [0.2, 0.25) is 10.0 Å². The summed E-state index contributed by atoms with van der Waals surface area (Å²) in [6.45, 7) is 0. The maximum absolute atomic E-state index is 12.6. The van der Waals surface area contributed by atoms with Gasteiger partial charge < -0.3 is 11.5 Å². The van der Waals surface area contributed by atoms with Gasteiger partial charge in [-0.3, -0.25) is 4.79 Å². The fourth-order valence-electron chi connectivity index (χ4n) is 1.11. The van der Waals surface area contributed by atoms with Crippen molar-refractivity contribution in [1.82, 2.24) is 0 Å². The predicted octanol–water partition coefficient (Wildman–Crippen LogP) is 2.43. The molecule has 4 nitrogen and oxygen atoms in total. The van der Waals surface area contributed by atoms with Gasteiger partial charge in [0.05, 0.1) is 21.2 Å². The standard InChI is InChI=1S/C9H6Cl2F3N3O/c10-5-2-6(11)4(9(12,13)14)1-3(5)7(18)17-8(15)16/h1-2H,(H4,15,16,17,18). The number of guanidine groups is 1. The van der Waals surface area contributed by atoms with Crippen LogP contribution in [-0.2, 0) is 6.18 Å². The molecule has 98 valence electrons. The lowest BCUT2D eigenvalue weighted by atomic mass is 10.1. The molecule has 1 aromatic rings. The molecule has 4 N–H and O–H groups in total. The second-order valence-corrected chi connectivity index (χ2v) is 3.97. The monoisotopic (exact) mass is 299 g/mol. The highest BCUT2D eigenvalue weighted by atomic mass is 35.5. The van der Waals surface area contributed by atoms with E-state index in [1.165, 1.54) is 0 Å². The number of hydrogen-bond donors (Lipinski definition) is 2. The fourth-order valence-corrected chi connectivity index (χ4v) is 1.68. The SMILES string of the molecule is NC(N)=NC(=O)c1cc(C(F)(F)F)c(Cl)cc1Cl. The van der Waals surface area contributed by atoms with Crippen molar-refractivity contribution in [2.75, 3.05) is 0 Å². The molecule has 0 spiro atoms. The number of amides is 1. The van der Waals surface area contributed by atoms with Crippen LogP contribution in [-0.4, -0.2) is 11.9 Å². The second-order valence-electron chi connectivity index (χ2n) is 3.15. The summed E-state index contributed by atoms with van der Waals surface area (Å²) in [4.78, 5) is 14.5. The number of hydrogen-bond acceptors (Lipinski definition) is 1. The van der Waals surface area contributed by atoms with Crippen LogP contribution < -0.4 is 11.5 Å². The Labute approximate surface area is 109 Å². The van der Waals surface area contributed by atoms with Crippen molar-refractivity contribution in [3.05, 3.63) is 33.3 Å². The molecule has 0 radical (unpaired) electrons. The van der Waals surface area contributed by atoms with E-state index >= 15 is 0 Å². The zero-order chi connectivity index (χ0) is 14.1. The van der Waals surface area contributed by atoms with Gasteiger partial charge in [0.2, 0.25) is 0 Å². The first-order valence-electron chi connectivity index (χ1n) is 4.33. The fraction of sp³-hybridized carbons (Fsp3) is 0.111. The Morgan fingerprint density at radius 3 is 2.17 bits per heavy atom. The molecule has 0 aliphatic carbocycles. The Hall–Kier alpha value is -1.47. The summed E-state index contributed by atoms with van der Waals surface area (Å²) in [6.07, 6.45) is -4.71. The third kappa shape index (κ3) is 3.27. The molecule has 0 aromatic heterocycles. The van der Waals surface area contributed by atoms with E-state index in [1.807, 2.05) is 0 Å². The van der Waals surface area contributed by atoms with Crippen molar-refractivity contribution in [1.29, 1.82) is 0 Å². The van der Waals surface area contributed by atoms with Crippen LogP contribution in [0.25, 0.3) is 0 Å². The van der Waals surface area contributed by atoms with Crippen molar-refractivity contribution in [2.24, 2.45) is 16.5 Å². The molecular weight excluding hydrogens is 294 g/mol. The molecule has 18 heavy (non-hydrogen) atoms. The van der Waals surface area contributed by atoms with Gasteiger partial charge in [-0.05, 0) is 12.1 Å². The zero-order valence-corrected chi connectivity index (χ0v) is 10.1. The molecular formula is C9H6Cl2F3N3O. The summed E-state index contributed by atoms with van der Waals surface area (Å²) in [5.74, 6) is -1.67. The van der Waals surface area contributed by atoms with Crippen LogP contribution in [0.4, 0.5) is 13.2 Å². The molecule has 1 amide bonds. The average Bonchev–Trinajstić information content (AvgIpc) is 2.13. The van der Waals surface area contributed by atoms with E-state index in [-0.39, 0.29) is 5.02 Å². The predicted molar refractivity (Wildman–Crippen MR) is 61.6 cm³/mol. The van der Waals surface area contributed by atoms with Gasteiger partial charge in [0, 0.05) is 0 Å². The summed E-state index contributed by atoms with van der Waals surface area (Å²) in [6, 6.07) is 1.31. The minimum Gasteiger partial charge on any atom is -0.370 e. The molecule has 0 unspecified atom stereocenters. The summed E-state index contributed by atoms with van der Waals surface area (Å²) in [5.41, 5.74) is 8.22. The van der Waals surface area contributed by atoms with Crippen LogP contribution in [0.1, 0.15) is 15.9 Å². The molecule has 9 heteroatoms. The lowest BCUT2D eigenvalue weighted by Gasteiger charge is -2.11. The van der Waals surface area contributed by atoms with Crippen molar-refractivity contribution in [2.45, 2.75) is 6.18 Å². The summed E-state index contributed by atoms with van der Waals surface area (Å²) >= 11 is 11.0. The summed E-state index contributed by atoms with van der Waals surface area (Å²) in [7, 11) is 0. The number of rotatable bonds is 1. The van der Waals surface area contributed by atoms with Crippen LogP contribution in [0.5, 0.6) is 0 Å². The maximum Gasteiger partial charge on any atom is 0.417 e. The van der Waals surface area contributed by atoms with E-state index in [0.717, 1.165) is 6.07 Å². The van der Waals surface area contributed by atoms with Gasteiger partial charge in [-0.15, -0.1) is 0 Å². The zero-order valence-electron chi connectivity index (χ0n) is 8.55. The molecule has 0 fully saturated rings. The Morgan fingerprint density at radius 1 is 1.17 bits per heavy atom. The van der Waals surface area contributed by atoms with Gasteiger partial charge >= 0.3 is 6.18 Å². The molecule has 0 atom stereocenters. The van der Waals surface area contributed by atoms with E-state index in [1.54, 1.807) is 0 Å². The normalized spacial score (nSPS) is 11.2. The lowest BCUT2D eigenvalue weighted by Crippen LogP contribution is -2.24. The Balaban J connectivity index is 3.39. The molecule has 0 saturated carbocycles. The van der Waals surface area contributed by atoms with Gasteiger partial charge in [-0.25, -0.2) is 0 Å². The van der Waals surface area contributed by atoms with Gasteiger partial charge in [-0.1, -0.05) is 23.2 Å². The summed E-state index contributed by atoms with van der Waals surface area (Å²) < 4.78 is 37.7. The molecule has 0 heterocycles. The van der Waals surface area contributed by atoms with E-state index in [2.05, 4.69) is 4.99 Å². The first-order valence-corrected chi connectivity index (χ1v) is 5.08. The Morgan fingerprint density at radius 2 is 1.72 bits per heavy atom. The third-order valence-electron chi connectivity index (χ3n) is 1.82. The van der Waals surface area contributed by atoms with Gasteiger partial charge in [0.15, 0.2) is 5.96 Å². The number of carbonyl (C=O) groups is 1. The smallest absolute Gasteiger partial charge is 0.370 e. The van der Waals surface area contributed by atoms with E-state index in [9.17, 15) is 18.0 Å². The number of aliphatic imine (C=N–C) groups is 1. The molecule has 0 saturated heterocycles. The van der Waals surface area contributed by atoms with Crippen LogP contribution in [0.3, 0.4) is 0 Å². The van der Waals surface area contributed by atoms with Gasteiger partial charge in [-0.2, -0.15) is 18.2 Å². The van der Waals surface area contributed by atoms with Gasteiger partial charge in [0.25, 0.3) is 5.91 Å². The highest BCUT2D eigenvalue weighted by molar-refractivity contribution is 6.37. The molecule has 0 aliphatic rings. The highest BCUT2D eigenvalue weighted by Gasteiger charge is 2.34. The Kier molecular flexibility index (Phi) is 4.08. The van der Waals surface area contributed by atoms with Crippen LogP contribution in [0.15, 0.2) is 17.1 Å². The van der Waals surface area contributed by atoms with E-state index < -0.39 is 34.2 Å². The van der Waals surface area contributed by atoms with E-state index in [4.69, 9.17) is 34.7 Å². The first-order chi connectivity index (χ1) is 8.12. The highest BCUT2D eigenvalue weighted by Crippen LogP contribution is 2.37. The van der Waals surface area contributed by atoms with Crippen molar-refractivity contribution < 1.29 is 18.0 Å². The van der Waals surface area contributed by atoms with Crippen molar-refractivity contribution in [3.63, 3.8) is 0 Å². The lowest BCUT2D eigenvalue weighted by molar-refractivity contribution is -0.137. The summed E-state index contributed by atoms with van der Waals surface area (Å²) in [5, 5.41) is -0.892. The number of benzene rings is 1. The average molecular weight is 300 g/mol. The van der Waals surface area contributed by atoms with Crippen LogP contribution in [0, 0.1) is 0 Å². The number of alkyl halides is 3. The number of nitrogens with two attached hydrogens (primary N) is 2. The largest absolute Gasteiger partial charge is 0.417 e. The number of nitrogens with zero attached hydrogens (tertiary/aromatic N) is 1. The topological polar surface area (TPSA) is 81.5 Å². The van der Waals surface area contributed by atoms with Crippen molar-refractivity contribution in [3.8, 4) is 0 Å². The molecule has 0 bridgehead atoms. The minimum atomic E-state index is -4.71. The van der Waals surface area contributed by atoms with E-state index in [0.29, 0.717) is 6.07 Å². The maximum atomic E-state index is 12.6. The van der Waals surface area contributed by atoms with Crippen LogP contribution >= 0.6 is 23.2 Å². The van der Waals surface area contributed by atoms with Crippen molar-refractivity contribution >= 4 is 35.1 Å². The minimum absolute atomic E-state index is 0.275. The third-order valence-corrected chi connectivity index (χ3v) is 2.45. The number of carbonyl (C=O) groups excluding carboxylic acids is 1. The molecule has 1 aromatic carbocycles. The first kappa shape index (κ1) is 14.6. The number of halogens is 5. The molecule has 1 rings (SSSR count). The quantitative estimate of drug-likeness (QED) is 0.617. The second kappa shape index (κ2) is 5.03. The molecule has 0 aliphatic heterocycles. The van der Waals surface area contributed by atoms with Gasteiger partial charge in [0.1, 0.15) is 0 Å². The Bertz CT molecular complexity index is 525.